The molecule has 84 valence electrons. The number of benzene rings is 1. The van der Waals surface area contributed by atoms with Gasteiger partial charge in [0.05, 0.1) is 10.4 Å². The van der Waals surface area contributed by atoms with Crippen LogP contribution in [0.2, 0.25) is 0 Å². The second kappa shape index (κ2) is 3.49. The molecule has 1 aromatic carbocycles. The van der Waals surface area contributed by atoms with E-state index in [1.807, 2.05) is 0 Å². The number of nitrogens with zero attached hydrogens (tertiary/aromatic N) is 2. The van der Waals surface area contributed by atoms with Gasteiger partial charge in [-0.25, -0.2) is 13.4 Å². The summed E-state index contributed by atoms with van der Waals surface area (Å²) in [5.41, 5.74) is 0.213. The number of nitro benzene ring substituents is 1. The number of hydrogen-bond acceptors (Lipinski definition) is 6. The van der Waals surface area contributed by atoms with Crippen LogP contribution in [0.1, 0.15) is 0 Å². The molecule has 1 aromatic heterocycles. The second-order valence-electron chi connectivity index (χ2n) is 3.13. The van der Waals surface area contributed by atoms with Gasteiger partial charge in [-0.05, 0) is 6.07 Å². The van der Waals surface area contributed by atoms with E-state index < -0.39 is 14.8 Å². The van der Waals surface area contributed by atoms with E-state index in [1.165, 1.54) is 12.1 Å². The summed E-state index contributed by atoms with van der Waals surface area (Å²) >= 11 is 0.818. The third-order valence-corrected chi connectivity index (χ3v) is 4.66. The second-order valence-corrected chi connectivity index (χ2v) is 6.32. The average Bonchev–Trinajstić information content (AvgIpc) is 2.59. The smallest absolute Gasteiger partial charge is 0.258 e. The lowest BCUT2D eigenvalue weighted by atomic mass is 10.3. The van der Waals surface area contributed by atoms with Crippen LogP contribution in [-0.4, -0.2) is 24.6 Å². The summed E-state index contributed by atoms with van der Waals surface area (Å²) in [5, 5.41) is 10.7. The monoisotopic (exact) mass is 258 g/mol. The summed E-state index contributed by atoms with van der Waals surface area (Å²) in [6, 6.07) is 4.35. The van der Waals surface area contributed by atoms with Gasteiger partial charge in [0.15, 0.2) is 0 Å². The molecule has 1 heterocycles. The van der Waals surface area contributed by atoms with E-state index >= 15 is 0 Å². The zero-order valence-corrected chi connectivity index (χ0v) is 9.71. The predicted molar refractivity (Wildman–Crippen MR) is 59.4 cm³/mol. The van der Waals surface area contributed by atoms with Crippen LogP contribution in [0.25, 0.3) is 10.2 Å². The molecule has 16 heavy (non-hydrogen) atoms. The standard InChI is InChI=1S/C8H6N2O4S2/c1-16(13,14)8-9-5-3-2-4-6(10(11)12)7(5)15-8/h2-4H,1H3. The van der Waals surface area contributed by atoms with Gasteiger partial charge in [-0.2, -0.15) is 0 Å². The van der Waals surface area contributed by atoms with E-state index in [2.05, 4.69) is 4.98 Å². The van der Waals surface area contributed by atoms with Crippen molar-refractivity contribution in [2.45, 2.75) is 4.34 Å². The minimum atomic E-state index is -3.42. The molecule has 0 bridgehead atoms. The fraction of sp³-hybridized carbons (Fsp3) is 0.125. The van der Waals surface area contributed by atoms with Crippen LogP contribution in [0.3, 0.4) is 0 Å². The molecule has 2 rings (SSSR count). The molecule has 8 heteroatoms. The van der Waals surface area contributed by atoms with Crippen LogP contribution in [-0.2, 0) is 9.84 Å². The van der Waals surface area contributed by atoms with Gasteiger partial charge in [0.25, 0.3) is 5.69 Å². The van der Waals surface area contributed by atoms with Crippen LogP contribution in [0.5, 0.6) is 0 Å². The highest BCUT2D eigenvalue weighted by atomic mass is 32.2. The highest BCUT2D eigenvalue weighted by molar-refractivity contribution is 7.92. The van der Waals surface area contributed by atoms with Crippen molar-refractivity contribution < 1.29 is 13.3 Å². The first-order valence-corrected chi connectivity index (χ1v) is 6.84. The van der Waals surface area contributed by atoms with Gasteiger partial charge in [0, 0.05) is 12.3 Å². The molecule has 0 amide bonds. The molecule has 0 radical (unpaired) electrons. The molecule has 0 N–H and O–H groups in total. The number of sulfone groups is 1. The van der Waals surface area contributed by atoms with Gasteiger partial charge >= 0.3 is 0 Å². The summed E-state index contributed by atoms with van der Waals surface area (Å²) in [6.07, 6.45) is 1.02. The zero-order valence-electron chi connectivity index (χ0n) is 8.08. The molecule has 0 fully saturated rings. The summed E-state index contributed by atoms with van der Waals surface area (Å²) in [4.78, 5) is 14.0. The molecule has 0 spiro atoms. The van der Waals surface area contributed by atoms with Crippen molar-refractivity contribution in [1.29, 1.82) is 0 Å². The van der Waals surface area contributed by atoms with Crippen LogP contribution < -0.4 is 0 Å². The summed E-state index contributed by atoms with van der Waals surface area (Å²) in [6.45, 7) is 0. The van der Waals surface area contributed by atoms with Crippen molar-refractivity contribution in [2.75, 3.05) is 6.26 Å². The first-order valence-electron chi connectivity index (χ1n) is 4.13. The van der Waals surface area contributed by atoms with Gasteiger partial charge in [-0.15, -0.1) is 0 Å². The van der Waals surface area contributed by atoms with Gasteiger partial charge < -0.3 is 0 Å². The van der Waals surface area contributed by atoms with Crippen molar-refractivity contribution >= 4 is 37.1 Å². The molecule has 0 aliphatic carbocycles. The lowest BCUT2D eigenvalue weighted by Crippen LogP contribution is -1.94. The van der Waals surface area contributed by atoms with Crippen molar-refractivity contribution in [3.63, 3.8) is 0 Å². The lowest BCUT2D eigenvalue weighted by molar-refractivity contribution is -0.382. The Labute approximate surface area is 94.6 Å². The van der Waals surface area contributed by atoms with E-state index in [1.54, 1.807) is 6.07 Å². The number of hydrogen-bond donors (Lipinski definition) is 0. The molecule has 0 unspecified atom stereocenters. The van der Waals surface area contributed by atoms with E-state index in [9.17, 15) is 18.5 Å². The Morgan fingerprint density at radius 3 is 2.69 bits per heavy atom. The van der Waals surface area contributed by atoms with Crippen LogP contribution in [0, 0.1) is 10.1 Å². The van der Waals surface area contributed by atoms with E-state index in [0.717, 1.165) is 17.6 Å². The molecular formula is C8H6N2O4S2. The highest BCUT2D eigenvalue weighted by Gasteiger charge is 2.19. The SMILES string of the molecule is CS(=O)(=O)c1nc2cccc([N+](=O)[O-])c2s1. The first kappa shape index (κ1) is 11.0. The van der Waals surface area contributed by atoms with E-state index in [-0.39, 0.29) is 14.7 Å². The maximum atomic E-state index is 11.3. The topological polar surface area (TPSA) is 90.2 Å². The first-order chi connectivity index (χ1) is 7.39. The molecular weight excluding hydrogens is 252 g/mol. The Morgan fingerprint density at radius 2 is 2.12 bits per heavy atom. The quantitative estimate of drug-likeness (QED) is 0.603. The Balaban J connectivity index is 2.81. The fourth-order valence-electron chi connectivity index (χ4n) is 1.22. The van der Waals surface area contributed by atoms with Gasteiger partial charge in [-0.1, -0.05) is 17.4 Å². The molecule has 0 aliphatic heterocycles. The maximum absolute atomic E-state index is 11.3. The number of fused-ring (bicyclic) bond motifs is 1. The van der Waals surface area contributed by atoms with Gasteiger partial charge in [0.2, 0.25) is 14.2 Å². The lowest BCUT2D eigenvalue weighted by Gasteiger charge is -1.90. The summed E-state index contributed by atoms with van der Waals surface area (Å²) in [7, 11) is -3.42. The Morgan fingerprint density at radius 1 is 1.44 bits per heavy atom. The molecule has 0 saturated carbocycles. The third-order valence-electron chi connectivity index (χ3n) is 1.89. The maximum Gasteiger partial charge on any atom is 0.288 e. The normalized spacial score (nSPS) is 11.8. The minimum absolute atomic E-state index is 0.100. The van der Waals surface area contributed by atoms with Crippen molar-refractivity contribution in [1.82, 2.24) is 4.98 Å². The Hall–Kier alpha value is -1.54. The number of nitro groups is 1. The number of thiazole rings is 1. The number of aromatic nitrogens is 1. The fourth-order valence-corrected chi connectivity index (χ4v) is 3.12. The van der Waals surface area contributed by atoms with Crippen molar-refractivity contribution in [3.05, 3.63) is 28.3 Å². The van der Waals surface area contributed by atoms with Gasteiger partial charge in [0.1, 0.15) is 4.70 Å². The predicted octanol–water partition coefficient (Wildman–Crippen LogP) is 1.61. The Bertz CT molecular complexity index is 674. The third kappa shape index (κ3) is 1.76. The van der Waals surface area contributed by atoms with Crippen LogP contribution in [0.15, 0.2) is 22.5 Å². The largest absolute Gasteiger partial charge is 0.288 e. The van der Waals surface area contributed by atoms with Crippen LogP contribution >= 0.6 is 11.3 Å². The molecule has 0 atom stereocenters. The summed E-state index contributed by atoms with van der Waals surface area (Å²) < 4.78 is 22.7. The molecule has 0 saturated heterocycles. The van der Waals surface area contributed by atoms with Gasteiger partial charge in [-0.3, -0.25) is 10.1 Å². The molecule has 6 nitrogen and oxygen atoms in total. The Kier molecular flexibility index (Phi) is 2.39. The number of non-ortho nitro benzene ring substituents is 1. The average molecular weight is 258 g/mol. The summed E-state index contributed by atoms with van der Waals surface area (Å²) in [5.74, 6) is 0. The van der Waals surface area contributed by atoms with Crippen LogP contribution in [0.4, 0.5) is 5.69 Å². The van der Waals surface area contributed by atoms with E-state index in [0.29, 0.717) is 5.52 Å². The number of rotatable bonds is 2. The van der Waals surface area contributed by atoms with Crippen molar-refractivity contribution in [2.24, 2.45) is 0 Å². The zero-order chi connectivity index (χ0) is 11.9. The van der Waals surface area contributed by atoms with E-state index in [4.69, 9.17) is 0 Å². The minimum Gasteiger partial charge on any atom is -0.258 e. The molecule has 2 aromatic rings. The highest BCUT2D eigenvalue weighted by Crippen LogP contribution is 2.32. The molecule has 0 aliphatic rings. The van der Waals surface area contributed by atoms with Crippen molar-refractivity contribution in [3.8, 4) is 0 Å².